The van der Waals surface area contributed by atoms with Crippen LogP contribution in [-0.2, 0) is 0 Å². The number of nitrogens with zero attached hydrogens (tertiary/aromatic N) is 1. The Morgan fingerprint density at radius 2 is 1.92 bits per heavy atom. The number of hydrogen-bond donors (Lipinski definition) is 2. The summed E-state index contributed by atoms with van der Waals surface area (Å²) in [6, 6.07) is 0.269. The highest BCUT2D eigenvalue weighted by atomic mass is 16.3. The maximum Gasteiger partial charge on any atom is 0.0597 e. The topological polar surface area (TPSA) is 49.5 Å². The summed E-state index contributed by atoms with van der Waals surface area (Å²) >= 11 is 0. The monoisotopic (exact) mass is 186 g/mol. The van der Waals surface area contributed by atoms with Crippen molar-refractivity contribution in [1.82, 2.24) is 4.90 Å². The molecule has 0 bridgehead atoms. The van der Waals surface area contributed by atoms with Crippen molar-refractivity contribution in [2.75, 3.05) is 20.7 Å². The summed E-state index contributed by atoms with van der Waals surface area (Å²) < 4.78 is 0. The molecule has 0 aromatic heterocycles. The molecule has 13 heavy (non-hydrogen) atoms. The van der Waals surface area contributed by atoms with Crippen LogP contribution in [-0.4, -0.2) is 42.8 Å². The van der Waals surface area contributed by atoms with Gasteiger partial charge < -0.3 is 15.7 Å². The van der Waals surface area contributed by atoms with Crippen LogP contribution < -0.4 is 5.73 Å². The fourth-order valence-corrected chi connectivity index (χ4v) is 2.56. The number of likely N-dealkylation sites (N-methyl/N-ethyl adjacent to an activating group) is 1. The number of hydrogen-bond acceptors (Lipinski definition) is 3. The highest BCUT2D eigenvalue weighted by Crippen LogP contribution is 2.30. The lowest BCUT2D eigenvalue weighted by molar-refractivity contribution is 0.135. The van der Waals surface area contributed by atoms with E-state index in [1.54, 1.807) is 0 Å². The maximum absolute atomic E-state index is 9.06. The summed E-state index contributed by atoms with van der Waals surface area (Å²) in [5, 5.41) is 9.06. The fourth-order valence-electron chi connectivity index (χ4n) is 2.56. The Kier molecular flexibility index (Phi) is 4.16. The Balaban J connectivity index is 2.55. The quantitative estimate of drug-likeness (QED) is 0.669. The lowest BCUT2D eigenvalue weighted by Crippen LogP contribution is -2.50. The van der Waals surface area contributed by atoms with E-state index in [9.17, 15) is 0 Å². The second-order valence-corrected chi connectivity index (χ2v) is 4.35. The Bertz CT molecular complexity index is 144. The van der Waals surface area contributed by atoms with Gasteiger partial charge in [0.15, 0.2) is 0 Å². The molecule has 1 fully saturated rings. The lowest BCUT2D eigenvalue weighted by atomic mass is 9.91. The third-order valence-electron chi connectivity index (χ3n) is 3.13. The van der Waals surface area contributed by atoms with Crippen LogP contribution in [0.3, 0.4) is 0 Å². The highest BCUT2D eigenvalue weighted by molar-refractivity contribution is 4.87. The molecule has 0 aromatic carbocycles. The molecular formula is C10H22N2O. The predicted molar refractivity (Wildman–Crippen MR) is 54.5 cm³/mol. The molecule has 2 atom stereocenters. The summed E-state index contributed by atoms with van der Waals surface area (Å²) in [5.74, 6) is 0.692. The minimum Gasteiger partial charge on any atom is -0.395 e. The van der Waals surface area contributed by atoms with Gasteiger partial charge in [0, 0.05) is 12.1 Å². The first-order valence-electron chi connectivity index (χ1n) is 5.19. The van der Waals surface area contributed by atoms with Gasteiger partial charge in [0.25, 0.3) is 0 Å². The van der Waals surface area contributed by atoms with Crippen molar-refractivity contribution in [3.63, 3.8) is 0 Å². The Morgan fingerprint density at radius 3 is 2.31 bits per heavy atom. The van der Waals surface area contributed by atoms with Crippen LogP contribution in [0.1, 0.15) is 25.7 Å². The Morgan fingerprint density at radius 1 is 1.38 bits per heavy atom. The van der Waals surface area contributed by atoms with Gasteiger partial charge in [-0.25, -0.2) is 0 Å². The van der Waals surface area contributed by atoms with E-state index in [-0.39, 0.29) is 12.6 Å². The van der Waals surface area contributed by atoms with Crippen LogP contribution in [0.25, 0.3) is 0 Å². The minimum atomic E-state index is -0.0851. The second kappa shape index (κ2) is 4.94. The van der Waals surface area contributed by atoms with Gasteiger partial charge in [0.05, 0.1) is 6.61 Å². The summed E-state index contributed by atoms with van der Waals surface area (Å²) in [6.07, 6.45) is 5.20. The van der Waals surface area contributed by atoms with Crippen LogP contribution in [0.4, 0.5) is 0 Å². The van der Waals surface area contributed by atoms with E-state index in [4.69, 9.17) is 10.8 Å². The first-order chi connectivity index (χ1) is 6.16. The molecule has 78 valence electrons. The van der Waals surface area contributed by atoms with E-state index in [1.165, 1.54) is 25.7 Å². The van der Waals surface area contributed by atoms with Crippen molar-refractivity contribution in [1.29, 1.82) is 0 Å². The van der Waals surface area contributed by atoms with Gasteiger partial charge in [-0.05, 0) is 32.9 Å². The average molecular weight is 186 g/mol. The lowest BCUT2D eigenvalue weighted by Gasteiger charge is -2.33. The van der Waals surface area contributed by atoms with Crippen molar-refractivity contribution in [3.8, 4) is 0 Å². The average Bonchev–Trinajstić information content (AvgIpc) is 2.56. The zero-order chi connectivity index (χ0) is 9.84. The molecule has 3 nitrogen and oxygen atoms in total. The normalized spacial score (nSPS) is 23.8. The molecule has 1 aliphatic carbocycles. The molecule has 3 N–H and O–H groups in total. The van der Waals surface area contributed by atoms with Crippen molar-refractivity contribution in [3.05, 3.63) is 0 Å². The van der Waals surface area contributed by atoms with E-state index < -0.39 is 0 Å². The largest absolute Gasteiger partial charge is 0.395 e. The fraction of sp³-hybridized carbons (Fsp3) is 1.00. The van der Waals surface area contributed by atoms with Gasteiger partial charge in [-0.3, -0.25) is 0 Å². The van der Waals surface area contributed by atoms with Gasteiger partial charge in [-0.2, -0.15) is 0 Å². The van der Waals surface area contributed by atoms with Crippen molar-refractivity contribution in [2.24, 2.45) is 11.7 Å². The molecular weight excluding hydrogens is 164 g/mol. The van der Waals surface area contributed by atoms with Crippen molar-refractivity contribution >= 4 is 0 Å². The summed E-state index contributed by atoms with van der Waals surface area (Å²) in [7, 11) is 4.11. The van der Waals surface area contributed by atoms with Gasteiger partial charge >= 0.3 is 0 Å². The van der Waals surface area contributed by atoms with Gasteiger partial charge in [0.1, 0.15) is 0 Å². The minimum absolute atomic E-state index is 0.0851. The number of rotatable bonds is 4. The number of aliphatic hydroxyl groups excluding tert-OH is 1. The third kappa shape index (κ3) is 2.66. The van der Waals surface area contributed by atoms with Crippen LogP contribution in [0, 0.1) is 5.92 Å². The van der Waals surface area contributed by atoms with Crippen LogP contribution >= 0.6 is 0 Å². The number of aliphatic hydroxyl groups is 1. The smallest absolute Gasteiger partial charge is 0.0597 e. The molecule has 0 aromatic rings. The Labute approximate surface area is 80.9 Å². The van der Waals surface area contributed by atoms with E-state index in [0.29, 0.717) is 12.0 Å². The molecule has 2 unspecified atom stereocenters. The molecule has 0 spiro atoms. The molecule has 0 radical (unpaired) electrons. The van der Waals surface area contributed by atoms with E-state index in [0.717, 1.165) is 0 Å². The third-order valence-corrected chi connectivity index (χ3v) is 3.13. The molecule has 1 saturated carbocycles. The summed E-state index contributed by atoms with van der Waals surface area (Å²) in [4.78, 5) is 2.16. The van der Waals surface area contributed by atoms with E-state index >= 15 is 0 Å². The van der Waals surface area contributed by atoms with Gasteiger partial charge in [-0.15, -0.1) is 0 Å². The first kappa shape index (κ1) is 11.0. The first-order valence-corrected chi connectivity index (χ1v) is 5.19. The molecule has 1 aliphatic rings. The van der Waals surface area contributed by atoms with Crippen molar-refractivity contribution < 1.29 is 5.11 Å². The number of nitrogens with two attached hydrogens (primary N) is 1. The van der Waals surface area contributed by atoms with E-state index in [2.05, 4.69) is 19.0 Å². The van der Waals surface area contributed by atoms with Crippen molar-refractivity contribution in [2.45, 2.75) is 37.8 Å². The van der Waals surface area contributed by atoms with Crippen LogP contribution in [0.15, 0.2) is 0 Å². The zero-order valence-corrected chi connectivity index (χ0v) is 8.74. The summed E-state index contributed by atoms with van der Waals surface area (Å²) in [6.45, 7) is 0.0966. The molecule has 0 aliphatic heterocycles. The van der Waals surface area contributed by atoms with Crippen LogP contribution in [0.5, 0.6) is 0 Å². The predicted octanol–water partition coefficient (Wildman–Crippen LogP) is 0.426. The van der Waals surface area contributed by atoms with Gasteiger partial charge in [-0.1, -0.05) is 12.8 Å². The SMILES string of the molecule is CN(C)C(C(N)CO)C1CCCC1. The second-order valence-electron chi connectivity index (χ2n) is 4.35. The molecule has 3 heteroatoms. The molecule has 0 amide bonds. The summed E-state index contributed by atoms with van der Waals surface area (Å²) in [5.41, 5.74) is 5.91. The molecule has 0 saturated heterocycles. The maximum atomic E-state index is 9.06. The van der Waals surface area contributed by atoms with Gasteiger partial charge in [0.2, 0.25) is 0 Å². The van der Waals surface area contributed by atoms with E-state index in [1.807, 2.05) is 0 Å². The zero-order valence-electron chi connectivity index (χ0n) is 8.74. The standard InChI is InChI=1S/C10H22N2O/c1-12(2)10(9(11)7-13)8-5-3-4-6-8/h8-10,13H,3-7,11H2,1-2H3. The molecule has 0 heterocycles. The van der Waals surface area contributed by atoms with Crippen LogP contribution in [0.2, 0.25) is 0 Å². The Hall–Kier alpha value is -0.120. The molecule has 1 rings (SSSR count). The highest BCUT2D eigenvalue weighted by Gasteiger charge is 2.30.